The van der Waals surface area contributed by atoms with Crippen molar-refractivity contribution in [2.75, 3.05) is 6.61 Å². The summed E-state index contributed by atoms with van der Waals surface area (Å²) in [6.07, 6.45) is -0.967. The number of ether oxygens (including phenoxy) is 1. The molecule has 2 N–H and O–H groups in total. The molecule has 0 radical (unpaired) electrons. The van der Waals surface area contributed by atoms with Gasteiger partial charge in [-0.3, -0.25) is 0 Å². The number of hydrogen-bond acceptors (Lipinski definition) is 3. The van der Waals surface area contributed by atoms with Crippen molar-refractivity contribution in [3.05, 3.63) is 0 Å². The van der Waals surface area contributed by atoms with E-state index in [1.807, 2.05) is 6.92 Å². The van der Waals surface area contributed by atoms with Crippen LogP contribution in [0.15, 0.2) is 0 Å². The number of aliphatic hydroxyl groups is 2. The predicted molar refractivity (Wildman–Crippen MR) is 33.9 cm³/mol. The van der Waals surface area contributed by atoms with Crippen LogP contribution in [0.5, 0.6) is 0 Å². The minimum atomic E-state index is -1.02. The van der Waals surface area contributed by atoms with E-state index in [4.69, 9.17) is 14.9 Å². The molecule has 0 bridgehead atoms. The van der Waals surface area contributed by atoms with E-state index in [-0.39, 0.29) is 0 Å². The highest BCUT2D eigenvalue weighted by Gasteiger charge is 2.08. The van der Waals surface area contributed by atoms with Crippen molar-refractivity contribution in [1.29, 1.82) is 0 Å². The summed E-state index contributed by atoms with van der Waals surface area (Å²) in [5.41, 5.74) is 0. The van der Waals surface area contributed by atoms with Crippen molar-refractivity contribution in [3.8, 4) is 0 Å². The van der Waals surface area contributed by atoms with Gasteiger partial charge in [-0.1, -0.05) is 6.92 Å². The second kappa shape index (κ2) is 4.73. The molecule has 0 spiro atoms. The van der Waals surface area contributed by atoms with Crippen molar-refractivity contribution in [1.82, 2.24) is 0 Å². The van der Waals surface area contributed by atoms with Crippen molar-refractivity contribution in [2.45, 2.75) is 32.7 Å². The Morgan fingerprint density at radius 1 is 1.44 bits per heavy atom. The van der Waals surface area contributed by atoms with Crippen molar-refractivity contribution < 1.29 is 14.9 Å². The van der Waals surface area contributed by atoms with Crippen molar-refractivity contribution in [2.24, 2.45) is 0 Å². The normalized spacial score (nSPS) is 17.3. The Balaban J connectivity index is 3.16. The fourth-order valence-corrected chi connectivity index (χ4v) is 0.378. The molecule has 9 heavy (non-hydrogen) atoms. The summed E-state index contributed by atoms with van der Waals surface area (Å²) in [7, 11) is 0. The molecular weight excluding hydrogens is 120 g/mol. The largest absolute Gasteiger partial charge is 0.388 e. The van der Waals surface area contributed by atoms with Gasteiger partial charge in [0, 0.05) is 6.61 Å². The number of aliphatic hydroxyl groups excluding tert-OH is 2. The molecule has 0 fully saturated rings. The quantitative estimate of drug-likeness (QED) is 0.536. The first kappa shape index (κ1) is 8.88. The molecule has 0 amide bonds. The lowest BCUT2D eigenvalue weighted by atomic mass is 10.4. The number of hydrogen-bond donors (Lipinski definition) is 2. The van der Waals surface area contributed by atoms with Gasteiger partial charge in [-0.25, -0.2) is 0 Å². The lowest BCUT2D eigenvalue weighted by molar-refractivity contribution is -0.155. The van der Waals surface area contributed by atoms with E-state index in [1.54, 1.807) is 0 Å². The molecule has 0 saturated heterocycles. The topological polar surface area (TPSA) is 49.7 Å². The van der Waals surface area contributed by atoms with Crippen LogP contribution >= 0.6 is 0 Å². The minimum absolute atomic E-state index is 0.492. The van der Waals surface area contributed by atoms with E-state index < -0.39 is 12.4 Å². The highest BCUT2D eigenvalue weighted by Crippen LogP contribution is 1.94. The molecule has 2 unspecified atom stereocenters. The smallest absolute Gasteiger partial charge is 0.180 e. The summed E-state index contributed by atoms with van der Waals surface area (Å²) in [4.78, 5) is 0. The summed E-state index contributed by atoms with van der Waals surface area (Å²) >= 11 is 0. The van der Waals surface area contributed by atoms with Crippen LogP contribution in [-0.2, 0) is 4.74 Å². The van der Waals surface area contributed by atoms with Crippen LogP contribution < -0.4 is 0 Å². The van der Waals surface area contributed by atoms with Gasteiger partial charge in [-0.15, -0.1) is 0 Å². The standard InChI is InChI=1S/C6H14O3/c1-3-4-9-6(8)5(2)7/h5-8H,3-4H2,1-2H3. The van der Waals surface area contributed by atoms with Gasteiger partial charge >= 0.3 is 0 Å². The molecule has 0 aliphatic rings. The van der Waals surface area contributed by atoms with Gasteiger partial charge in [0.1, 0.15) is 6.10 Å². The second-order valence-electron chi connectivity index (χ2n) is 2.00. The average molecular weight is 134 g/mol. The minimum Gasteiger partial charge on any atom is -0.388 e. The van der Waals surface area contributed by atoms with Crippen molar-refractivity contribution >= 4 is 0 Å². The van der Waals surface area contributed by atoms with Crippen molar-refractivity contribution in [3.63, 3.8) is 0 Å². The van der Waals surface area contributed by atoms with Crippen LogP contribution in [0.2, 0.25) is 0 Å². The third-order valence-electron chi connectivity index (χ3n) is 0.905. The molecule has 0 aromatic rings. The van der Waals surface area contributed by atoms with E-state index in [9.17, 15) is 0 Å². The third kappa shape index (κ3) is 4.39. The SMILES string of the molecule is CCCOC(O)C(C)O. The molecule has 0 rings (SSSR count). The first-order chi connectivity index (χ1) is 4.18. The van der Waals surface area contributed by atoms with Crippen LogP contribution in [0, 0.1) is 0 Å². The van der Waals surface area contributed by atoms with Crippen LogP contribution in [-0.4, -0.2) is 29.2 Å². The fraction of sp³-hybridized carbons (Fsp3) is 1.00. The molecule has 0 heterocycles. The molecule has 2 atom stereocenters. The monoisotopic (exact) mass is 134 g/mol. The van der Waals surface area contributed by atoms with E-state index in [2.05, 4.69) is 0 Å². The Kier molecular flexibility index (Phi) is 4.67. The number of rotatable bonds is 4. The van der Waals surface area contributed by atoms with Crippen LogP contribution in [0.1, 0.15) is 20.3 Å². The molecule has 0 aromatic carbocycles. The summed E-state index contributed by atoms with van der Waals surface area (Å²) < 4.78 is 4.76. The molecule has 0 aliphatic carbocycles. The maximum absolute atomic E-state index is 8.79. The lowest BCUT2D eigenvalue weighted by Crippen LogP contribution is -2.25. The first-order valence-electron chi connectivity index (χ1n) is 3.16. The molecule has 3 nitrogen and oxygen atoms in total. The van der Waals surface area contributed by atoms with E-state index in [0.29, 0.717) is 6.61 Å². The Morgan fingerprint density at radius 3 is 2.33 bits per heavy atom. The van der Waals surface area contributed by atoms with Gasteiger partial charge in [0.2, 0.25) is 0 Å². The van der Waals surface area contributed by atoms with E-state index in [1.165, 1.54) is 6.92 Å². The van der Waals surface area contributed by atoms with E-state index in [0.717, 1.165) is 6.42 Å². The molecule has 56 valence electrons. The van der Waals surface area contributed by atoms with Gasteiger partial charge in [0.15, 0.2) is 6.29 Å². The van der Waals surface area contributed by atoms with Gasteiger partial charge in [-0.2, -0.15) is 0 Å². The molecule has 0 aromatic heterocycles. The summed E-state index contributed by atoms with van der Waals surface area (Å²) in [5.74, 6) is 0. The molecule has 3 heteroatoms. The zero-order chi connectivity index (χ0) is 7.28. The molecule has 0 saturated carbocycles. The summed E-state index contributed by atoms with van der Waals surface area (Å²) in [6.45, 7) is 3.92. The molecule has 0 aliphatic heterocycles. The highest BCUT2D eigenvalue weighted by molar-refractivity contribution is 4.47. The summed E-state index contributed by atoms with van der Waals surface area (Å²) in [5, 5.41) is 17.5. The fourth-order valence-electron chi connectivity index (χ4n) is 0.378. The second-order valence-corrected chi connectivity index (χ2v) is 2.00. The predicted octanol–water partition coefficient (Wildman–Crippen LogP) is 0.112. The maximum atomic E-state index is 8.79. The van der Waals surface area contributed by atoms with Crippen LogP contribution in [0.25, 0.3) is 0 Å². The first-order valence-corrected chi connectivity index (χ1v) is 3.16. The average Bonchev–Trinajstić information content (AvgIpc) is 1.82. The zero-order valence-corrected chi connectivity index (χ0v) is 5.87. The lowest BCUT2D eigenvalue weighted by Gasteiger charge is -2.12. The van der Waals surface area contributed by atoms with Gasteiger partial charge in [-0.05, 0) is 13.3 Å². The Bertz CT molecular complexity index is 63.3. The van der Waals surface area contributed by atoms with Gasteiger partial charge < -0.3 is 14.9 Å². The summed E-state index contributed by atoms with van der Waals surface area (Å²) in [6, 6.07) is 0. The van der Waals surface area contributed by atoms with Gasteiger partial charge in [0.25, 0.3) is 0 Å². The molecular formula is C6H14O3. The Morgan fingerprint density at radius 2 is 2.00 bits per heavy atom. The van der Waals surface area contributed by atoms with E-state index >= 15 is 0 Å². The highest BCUT2D eigenvalue weighted by atomic mass is 16.6. The Hall–Kier alpha value is -0.120. The third-order valence-corrected chi connectivity index (χ3v) is 0.905. The Labute approximate surface area is 55.3 Å². The van der Waals surface area contributed by atoms with Gasteiger partial charge in [0.05, 0.1) is 0 Å². The zero-order valence-electron chi connectivity index (χ0n) is 5.87. The van der Waals surface area contributed by atoms with Crippen LogP contribution in [0.4, 0.5) is 0 Å². The maximum Gasteiger partial charge on any atom is 0.180 e. The van der Waals surface area contributed by atoms with Crippen LogP contribution in [0.3, 0.4) is 0 Å².